The molecule has 2 rings (SSSR count). The summed E-state index contributed by atoms with van der Waals surface area (Å²) in [5, 5.41) is -0.0401. The van der Waals surface area contributed by atoms with Gasteiger partial charge in [0.05, 0.1) is 6.20 Å². The molecule has 1 atom stereocenters. The molecule has 0 aliphatic rings. The minimum absolute atomic E-state index is 0.0401. The molecule has 2 aromatic rings. The van der Waals surface area contributed by atoms with Crippen molar-refractivity contribution in [3.05, 3.63) is 53.2 Å². The SMILES string of the molecule is CC(Oc1nc(Cl)ncc1F)c1ccccc1. The molecular weight excluding hydrogens is 243 g/mol. The van der Waals surface area contributed by atoms with E-state index in [0.717, 1.165) is 11.8 Å². The second-order valence-corrected chi connectivity index (χ2v) is 3.80. The number of hydrogen-bond donors (Lipinski definition) is 0. The van der Waals surface area contributed by atoms with Gasteiger partial charge in [-0.05, 0) is 24.1 Å². The number of halogens is 2. The van der Waals surface area contributed by atoms with Crippen LogP contribution in [0.2, 0.25) is 5.28 Å². The molecule has 88 valence electrons. The lowest BCUT2D eigenvalue weighted by molar-refractivity contribution is 0.205. The molecule has 17 heavy (non-hydrogen) atoms. The fourth-order valence-corrected chi connectivity index (χ4v) is 1.50. The Bertz CT molecular complexity index is 507. The normalized spacial score (nSPS) is 12.2. The Balaban J connectivity index is 2.18. The first-order chi connectivity index (χ1) is 8.16. The van der Waals surface area contributed by atoms with E-state index in [1.165, 1.54) is 0 Å². The predicted molar refractivity (Wildman–Crippen MR) is 62.5 cm³/mol. The highest BCUT2D eigenvalue weighted by Crippen LogP contribution is 2.22. The van der Waals surface area contributed by atoms with Crippen molar-refractivity contribution in [2.24, 2.45) is 0 Å². The number of aromatic nitrogens is 2. The average molecular weight is 253 g/mol. The van der Waals surface area contributed by atoms with Crippen LogP contribution < -0.4 is 4.74 Å². The highest BCUT2D eigenvalue weighted by Gasteiger charge is 2.12. The second-order valence-electron chi connectivity index (χ2n) is 3.46. The zero-order chi connectivity index (χ0) is 12.3. The van der Waals surface area contributed by atoms with Gasteiger partial charge < -0.3 is 4.74 Å². The molecular formula is C12H10ClFN2O. The molecule has 3 nitrogen and oxygen atoms in total. The number of nitrogens with zero attached hydrogens (tertiary/aromatic N) is 2. The van der Waals surface area contributed by atoms with Gasteiger partial charge in [0.1, 0.15) is 6.10 Å². The maximum absolute atomic E-state index is 13.3. The van der Waals surface area contributed by atoms with Crippen LogP contribution in [0, 0.1) is 5.82 Å². The third-order valence-corrected chi connectivity index (χ3v) is 2.42. The molecule has 0 fully saturated rings. The maximum atomic E-state index is 13.3. The lowest BCUT2D eigenvalue weighted by Crippen LogP contribution is -2.06. The number of rotatable bonds is 3. The summed E-state index contributed by atoms with van der Waals surface area (Å²) < 4.78 is 18.7. The van der Waals surface area contributed by atoms with Crippen molar-refractivity contribution in [1.82, 2.24) is 9.97 Å². The molecule has 0 spiro atoms. The van der Waals surface area contributed by atoms with Gasteiger partial charge in [0, 0.05) is 0 Å². The molecule has 0 saturated heterocycles. The molecule has 1 aromatic carbocycles. The minimum atomic E-state index is -0.628. The van der Waals surface area contributed by atoms with Crippen LogP contribution in [0.1, 0.15) is 18.6 Å². The van der Waals surface area contributed by atoms with Crippen molar-refractivity contribution in [3.63, 3.8) is 0 Å². The van der Waals surface area contributed by atoms with E-state index >= 15 is 0 Å². The first-order valence-corrected chi connectivity index (χ1v) is 5.44. The van der Waals surface area contributed by atoms with Crippen LogP contribution in [0.4, 0.5) is 4.39 Å². The zero-order valence-electron chi connectivity index (χ0n) is 9.10. The number of benzene rings is 1. The van der Waals surface area contributed by atoms with Gasteiger partial charge in [-0.15, -0.1) is 0 Å². The van der Waals surface area contributed by atoms with Crippen molar-refractivity contribution in [3.8, 4) is 5.88 Å². The van der Waals surface area contributed by atoms with Crippen LogP contribution in [0.25, 0.3) is 0 Å². The van der Waals surface area contributed by atoms with Crippen LogP contribution in [0.3, 0.4) is 0 Å². The zero-order valence-corrected chi connectivity index (χ0v) is 9.86. The van der Waals surface area contributed by atoms with Gasteiger partial charge in [-0.25, -0.2) is 4.98 Å². The van der Waals surface area contributed by atoms with Crippen LogP contribution in [0.5, 0.6) is 5.88 Å². The predicted octanol–water partition coefficient (Wildman–Crippen LogP) is 3.41. The summed E-state index contributed by atoms with van der Waals surface area (Å²) >= 11 is 5.58. The summed E-state index contributed by atoms with van der Waals surface area (Å²) in [4.78, 5) is 7.21. The van der Waals surface area contributed by atoms with Gasteiger partial charge in [-0.1, -0.05) is 30.3 Å². The van der Waals surface area contributed by atoms with E-state index < -0.39 is 5.82 Å². The van der Waals surface area contributed by atoms with Crippen LogP contribution >= 0.6 is 11.6 Å². The Labute approximate surface area is 103 Å². The molecule has 0 aliphatic heterocycles. The van der Waals surface area contributed by atoms with Crippen molar-refractivity contribution < 1.29 is 9.13 Å². The Hall–Kier alpha value is -1.68. The molecule has 0 bridgehead atoms. The topological polar surface area (TPSA) is 35.0 Å². The summed E-state index contributed by atoms with van der Waals surface area (Å²) in [6, 6.07) is 9.46. The molecule has 1 aromatic heterocycles. The molecule has 5 heteroatoms. The highest BCUT2D eigenvalue weighted by atomic mass is 35.5. The summed E-state index contributed by atoms with van der Waals surface area (Å²) in [5.41, 5.74) is 0.932. The molecule has 0 saturated carbocycles. The summed E-state index contributed by atoms with van der Waals surface area (Å²) in [5.74, 6) is -0.765. The van der Waals surface area contributed by atoms with Gasteiger partial charge in [0.25, 0.3) is 5.88 Å². The lowest BCUT2D eigenvalue weighted by Gasteiger charge is -2.14. The minimum Gasteiger partial charge on any atom is -0.468 e. The highest BCUT2D eigenvalue weighted by molar-refractivity contribution is 6.28. The van der Waals surface area contributed by atoms with Gasteiger partial charge in [-0.3, -0.25) is 0 Å². The first kappa shape index (κ1) is 11.8. The smallest absolute Gasteiger partial charge is 0.255 e. The number of hydrogen-bond acceptors (Lipinski definition) is 3. The Morgan fingerprint density at radius 1 is 1.29 bits per heavy atom. The van der Waals surface area contributed by atoms with E-state index in [1.54, 1.807) is 0 Å². The Morgan fingerprint density at radius 3 is 2.71 bits per heavy atom. The Morgan fingerprint density at radius 2 is 2.00 bits per heavy atom. The fraction of sp³-hybridized carbons (Fsp3) is 0.167. The molecule has 0 amide bonds. The maximum Gasteiger partial charge on any atom is 0.255 e. The first-order valence-electron chi connectivity index (χ1n) is 5.06. The van der Waals surface area contributed by atoms with E-state index in [9.17, 15) is 4.39 Å². The number of ether oxygens (including phenoxy) is 1. The molecule has 1 unspecified atom stereocenters. The Kier molecular flexibility index (Phi) is 3.54. The van der Waals surface area contributed by atoms with Gasteiger partial charge >= 0.3 is 0 Å². The van der Waals surface area contributed by atoms with Crippen LogP contribution in [-0.2, 0) is 0 Å². The van der Waals surface area contributed by atoms with E-state index in [0.29, 0.717) is 0 Å². The van der Waals surface area contributed by atoms with Gasteiger partial charge in [0.2, 0.25) is 11.1 Å². The molecule has 0 N–H and O–H groups in total. The molecule has 0 radical (unpaired) electrons. The molecule has 1 heterocycles. The van der Waals surface area contributed by atoms with E-state index in [-0.39, 0.29) is 17.3 Å². The van der Waals surface area contributed by atoms with Crippen LogP contribution in [0.15, 0.2) is 36.5 Å². The summed E-state index contributed by atoms with van der Waals surface area (Å²) in [6.45, 7) is 1.81. The molecule has 0 aliphatic carbocycles. The van der Waals surface area contributed by atoms with Crippen molar-refractivity contribution in [1.29, 1.82) is 0 Å². The van der Waals surface area contributed by atoms with Crippen molar-refractivity contribution in [2.45, 2.75) is 13.0 Å². The summed E-state index contributed by atoms with van der Waals surface area (Å²) in [7, 11) is 0. The largest absolute Gasteiger partial charge is 0.468 e. The van der Waals surface area contributed by atoms with Crippen molar-refractivity contribution in [2.75, 3.05) is 0 Å². The third kappa shape index (κ3) is 2.91. The quantitative estimate of drug-likeness (QED) is 0.786. The monoisotopic (exact) mass is 252 g/mol. The van der Waals surface area contributed by atoms with E-state index in [4.69, 9.17) is 16.3 Å². The lowest BCUT2D eigenvalue weighted by atomic mass is 10.1. The standard InChI is InChI=1S/C12H10ClFN2O/c1-8(9-5-3-2-4-6-9)17-11-10(14)7-15-12(13)16-11/h2-8H,1H3. The van der Waals surface area contributed by atoms with Gasteiger partial charge in [0.15, 0.2) is 0 Å². The van der Waals surface area contributed by atoms with Crippen molar-refractivity contribution >= 4 is 11.6 Å². The average Bonchev–Trinajstić information content (AvgIpc) is 2.35. The third-order valence-electron chi connectivity index (χ3n) is 2.24. The second kappa shape index (κ2) is 5.10. The fourth-order valence-electron chi connectivity index (χ4n) is 1.37. The van der Waals surface area contributed by atoms with Gasteiger partial charge in [-0.2, -0.15) is 9.37 Å². The van der Waals surface area contributed by atoms with Crippen LogP contribution in [-0.4, -0.2) is 9.97 Å². The van der Waals surface area contributed by atoms with E-state index in [2.05, 4.69) is 9.97 Å². The van der Waals surface area contributed by atoms with E-state index in [1.807, 2.05) is 37.3 Å². The summed E-state index contributed by atoms with van der Waals surface area (Å²) in [6.07, 6.45) is 0.680.